The molecular weight excluding hydrogens is 252 g/mol. The molecule has 2 aromatic rings. The van der Waals surface area contributed by atoms with Crippen LogP contribution in [0.3, 0.4) is 0 Å². The molecule has 0 spiro atoms. The van der Waals surface area contributed by atoms with Gasteiger partial charge in [-0.25, -0.2) is 4.98 Å². The highest BCUT2D eigenvalue weighted by atomic mass is 35.5. The first kappa shape index (κ1) is 12.6. The zero-order chi connectivity index (χ0) is 12.3. The van der Waals surface area contributed by atoms with E-state index < -0.39 is 0 Å². The van der Waals surface area contributed by atoms with Gasteiger partial charge in [-0.1, -0.05) is 24.7 Å². The molecule has 2 rings (SSSR count). The first-order chi connectivity index (χ1) is 8.18. The fourth-order valence-corrected chi connectivity index (χ4v) is 2.41. The molecular formula is C12H16ClN2OSi. The third-order valence-electron chi connectivity index (χ3n) is 2.63. The normalized spacial score (nSPS) is 11.5. The topological polar surface area (TPSA) is 27.1 Å². The molecule has 17 heavy (non-hydrogen) atoms. The first-order valence-corrected chi connectivity index (χ1v) is 8.73. The van der Waals surface area contributed by atoms with Gasteiger partial charge >= 0.3 is 0 Å². The lowest BCUT2D eigenvalue weighted by Gasteiger charge is -2.08. The Hall–Kier alpha value is -0.843. The Kier molecular flexibility index (Phi) is 4.20. The van der Waals surface area contributed by atoms with Crippen LogP contribution in [0.15, 0.2) is 24.5 Å². The molecule has 0 aromatic carbocycles. The smallest absolute Gasteiger partial charge is 0.138 e. The van der Waals surface area contributed by atoms with Gasteiger partial charge in [-0.2, -0.15) is 0 Å². The van der Waals surface area contributed by atoms with E-state index in [1.54, 1.807) is 6.20 Å². The van der Waals surface area contributed by atoms with Crippen molar-refractivity contribution in [1.29, 1.82) is 0 Å². The van der Waals surface area contributed by atoms with Gasteiger partial charge in [0.1, 0.15) is 11.9 Å². The second-order valence-corrected chi connectivity index (χ2v) is 7.59. The van der Waals surface area contributed by atoms with E-state index in [2.05, 4.69) is 22.6 Å². The van der Waals surface area contributed by atoms with Gasteiger partial charge in [0.2, 0.25) is 0 Å². The molecule has 5 heteroatoms. The molecule has 0 N–H and O–H groups in total. The minimum Gasteiger partial charge on any atom is -0.361 e. The molecule has 3 nitrogen and oxygen atoms in total. The van der Waals surface area contributed by atoms with Gasteiger partial charge in [0, 0.05) is 33.2 Å². The molecule has 0 aliphatic carbocycles. The lowest BCUT2D eigenvalue weighted by Crippen LogP contribution is -2.07. The summed E-state index contributed by atoms with van der Waals surface area (Å²) in [6.07, 6.45) is 3.71. The minimum absolute atomic E-state index is 0.189. The number of rotatable bonds is 5. The molecule has 1 radical (unpaired) electrons. The summed E-state index contributed by atoms with van der Waals surface area (Å²) >= 11 is 6.01. The van der Waals surface area contributed by atoms with Crippen molar-refractivity contribution in [2.75, 3.05) is 6.61 Å². The van der Waals surface area contributed by atoms with Crippen molar-refractivity contribution in [2.45, 2.75) is 25.9 Å². The zero-order valence-corrected chi connectivity index (χ0v) is 11.9. The number of nitrogens with zero attached hydrogens (tertiary/aromatic N) is 2. The Bertz CT molecular complexity index is 498. The summed E-state index contributed by atoms with van der Waals surface area (Å²) in [5.41, 5.74) is 1.07. The van der Waals surface area contributed by atoms with Crippen LogP contribution < -0.4 is 0 Å². The summed E-state index contributed by atoms with van der Waals surface area (Å²) < 4.78 is 7.72. The van der Waals surface area contributed by atoms with Crippen LogP contribution in [0, 0.1) is 0 Å². The van der Waals surface area contributed by atoms with E-state index in [4.69, 9.17) is 16.3 Å². The Balaban J connectivity index is 2.02. The Labute approximate surface area is 108 Å². The third-order valence-corrected chi connectivity index (χ3v) is 4.13. The standard InChI is InChI=1S/C12H16ClN2OSi/c1-17(2)8-7-16-9-15-6-4-10-11(15)3-5-14-12(10)13/h3-6H,7-9H2,1-2H3. The van der Waals surface area contributed by atoms with E-state index in [0.29, 0.717) is 11.9 Å². The maximum absolute atomic E-state index is 6.01. The maximum Gasteiger partial charge on any atom is 0.138 e. The Morgan fingerprint density at radius 2 is 2.24 bits per heavy atom. The number of hydrogen-bond acceptors (Lipinski definition) is 2. The van der Waals surface area contributed by atoms with Gasteiger partial charge < -0.3 is 9.30 Å². The van der Waals surface area contributed by atoms with Crippen molar-refractivity contribution in [3.05, 3.63) is 29.7 Å². The van der Waals surface area contributed by atoms with Crippen LogP contribution in [0.1, 0.15) is 0 Å². The number of fused-ring (bicyclic) bond motifs is 1. The molecule has 2 heterocycles. The number of halogens is 1. The fraction of sp³-hybridized carbons (Fsp3) is 0.417. The lowest BCUT2D eigenvalue weighted by atomic mass is 10.3. The predicted molar refractivity (Wildman–Crippen MR) is 73.0 cm³/mol. The highest BCUT2D eigenvalue weighted by Gasteiger charge is 2.04. The second-order valence-electron chi connectivity index (χ2n) is 4.31. The van der Waals surface area contributed by atoms with Crippen molar-refractivity contribution in [3.63, 3.8) is 0 Å². The zero-order valence-electron chi connectivity index (χ0n) is 10.1. The minimum atomic E-state index is -0.189. The molecule has 0 saturated heterocycles. The Morgan fingerprint density at radius 3 is 3.00 bits per heavy atom. The van der Waals surface area contributed by atoms with Gasteiger partial charge in [-0.3, -0.25) is 0 Å². The molecule has 0 fully saturated rings. The van der Waals surface area contributed by atoms with E-state index in [1.807, 2.05) is 18.3 Å². The van der Waals surface area contributed by atoms with Gasteiger partial charge in [-0.05, 0) is 18.2 Å². The molecule has 0 bridgehead atoms. The summed E-state index contributed by atoms with van der Waals surface area (Å²) in [6.45, 7) is 6.01. The van der Waals surface area contributed by atoms with E-state index in [-0.39, 0.29) is 8.80 Å². The average molecular weight is 268 g/mol. The van der Waals surface area contributed by atoms with Crippen molar-refractivity contribution < 1.29 is 4.74 Å². The number of pyridine rings is 1. The first-order valence-electron chi connectivity index (χ1n) is 5.64. The SMILES string of the molecule is C[Si](C)CCOCn1ccc2c(Cl)nccc21. The monoisotopic (exact) mass is 267 g/mol. The molecule has 2 aromatic heterocycles. The predicted octanol–water partition coefficient (Wildman–Crippen LogP) is 3.42. The van der Waals surface area contributed by atoms with Crippen LogP contribution in [0.5, 0.6) is 0 Å². The molecule has 0 aliphatic rings. The third kappa shape index (κ3) is 3.09. The van der Waals surface area contributed by atoms with Crippen LogP contribution in [0.25, 0.3) is 10.9 Å². The Morgan fingerprint density at radius 1 is 1.41 bits per heavy atom. The van der Waals surface area contributed by atoms with Crippen molar-refractivity contribution in [1.82, 2.24) is 9.55 Å². The van der Waals surface area contributed by atoms with Gasteiger partial charge in [0.25, 0.3) is 0 Å². The van der Waals surface area contributed by atoms with Crippen LogP contribution >= 0.6 is 11.6 Å². The summed E-state index contributed by atoms with van der Waals surface area (Å²) in [5.74, 6) is 0. The number of hydrogen-bond donors (Lipinski definition) is 0. The lowest BCUT2D eigenvalue weighted by molar-refractivity contribution is 0.0906. The molecule has 91 valence electrons. The number of aromatic nitrogens is 2. The largest absolute Gasteiger partial charge is 0.361 e. The van der Waals surface area contributed by atoms with E-state index in [0.717, 1.165) is 17.5 Å². The molecule has 0 aliphatic heterocycles. The van der Waals surface area contributed by atoms with Crippen LogP contribution in [0.2, 0.25) is 24.3 Å². The van der Waals surface area contributed by atoms with Crippen LogP contribution in [0.4, 0.5) is 0 Å². The quantitative estimate of drug-likeness (QED) is 0.472. The van der Waals surface area contributed by atoms with Crippen molar-refractivity contribution in [3.8, 4) is 0 Å². The van der Waals surface area contributed by atoms with Gasteiger partial charge in [0.15, 0.2) is 0 Å². The molecule has 0 unspecified atom stereocenters. The summed E-state index contributed by atoms with van der Waals surface area (Å²) in [4.78, 5) is 4.06. The average Bonchev–Trinajstić information content (AvgIpc) is 2.69. The molecule has 0 amide bonds. The van der Waals surface area contributed by atoms with Crippen molar-refractivity contribution >= 4 is 31.3 Å². The summed E-state index contributed by atoms with van der Waals surface area (Å²) in [7, 11) is -0.189. The second kappa shape index (κ2) is 5.66. The van der Waals surface area contributed by atoms with E-state index in [9.17, 15) is 0 Å². The van der Waals surface area contributed by atoms with Crippen molar-refractivity contribution in [2.24, 2.45) is 0 Å². The highest BCUT2D eigenvalue weighted by molar-refractivity contribution is 6.55. The van der Waals surface area contributed by atoms with Gasteiger partial charge in [0.05, 0.1) is 5.52 Å². The van der Waals surface area contributed by atoms with Crippen LogP contribution in [-0.4, -0.2) is 25.0 Å². The van der Waals surface area contributed by atoms with E-state index in [1.165, 1.54) is 6.04 Å². The fourth-order valence-electron chi connectivity index (χ4n) is 1.64. The number of ether oxygens (including phenoxy) is 1. The van der Waals surface area contributed by atoms with E-state index >= 15 is 0 Å². The maximum atomic E-state index is 6.01. The van der Waals surface area contributed by atoms with Gasteiger partial charge in [-0.15, -0.1) is 0 Å². The molecule has 0 saturated carbocycles. The molecule has 0 atom stereocenters. The summed E-state index contributed by atoms with van der Waals surface area (Å²) in [5, 5.41) is 1.53. The summed E-state index contributed by atoms with van der Waals surface area (Å²) in [6, 6.07) is 5.12. The highest BCUT2D eigenvalue weighted by Crippen LogP contribution is 2.21. The van der Waals surface area contributed by atoms with Crippen LogP contribution in [-0.2, 0) is 11.5 Å².